The van der Waals surface area contributed by atoms with Gasteiger partial charge >= 0.3 is 0 Å². The quantitative estimate of drug-likeness (QED) is 0.366. The number of hydrogen-bond donors (Lipinski definition) is 1. The molecule has 0 saturated carbocycles. The molecule has 1 aliphatic heterocycles. The van der Waals surface area contributed by atoms with E-state index in [-0.39, 0.29) is 29.1 Å². The number of nitrogens with zero attached hydrogens (tertiary/aromatic N) is 5. The predicted molar refractivity (Wildman–Crippen MR) is 134 cm³/mol. The Morgan fingerprint density at radius 1 is 1.22 bits per heavy atom. The van der Waals surface area contributed by atoms with Gasteiger partial charge in [-0.3, -0.25) is 14.7 Å². The maximum atomic E-state index is 12.8. The van der Waals surface area contributed by atoms with E-state index < -0.39 is 9.84 Å². The van der Waals surface area contributed by atoms with Crippen LogP contribution in [0.25, 0.3) is 11.0 Å². The summed E-state index contributed by atoms with van der Waals surface area (Å²) in [6.07, 6.45) is 1.33. The van der Waals surface area contributed by atoms with Crippen molar-refractivity contribution in [2.24, 2.45) is 5.92 Å². The lowest BCUT2D eigenvalue weighted by atomic mass is 10.0. The van der Waals surface area contributed by atoms with Crippen molar-refractivity contribution in [3.05, 3.63) is 63.4 Å². The second-order valence-electron chi connectivity index (χ2n) is 9.08. The van der Waals surface area contributed by atoms with Gasteiger partial charge in [-0.15, -0.1) is 11.3 Å². The van der Waals surface area contributed by atoms with Gasteiger partial charge in [0, 0.05) is 24.2 Å². The fourth-order valence-corrected chi connectivity index (χ4v) is 6.29. The maximum Gasteiger partial charge on any atom is 0.280 e. The number of aromatic nitrogens is 4. The second kappa shape index (κ2) is 9.68. The molecule has 0 bridgehead atoms. The van der Waals surface area contributed by atoms with E-state index in [9.17, 15) is 13.2 Å². The normalized spacial score (nSPS) is 16.1. The smallest absolute Gasteiger partial charge is 0.280 e. The molecule has 1 amide bonds. The van der Waals surface area contributed by atoms with Crippen molar-refractivity contribution >= 4 is 38.1 Å². The monoisotopic (exact) mass is 526 g/mol. The molecule has 0 unspecified atom stereocenters. The molecule has 4 aromatic rings. The van der Waals surface area contributed by atoms with E-state index in [2.05, 4.69) is 39.4 Å². The number of sulfone groups is 1. The van der Waals surface area contributed by atoms with Crippen LogP contribution in [0.2, 0.25) is 0 Å². The van der Waals surface area contributed by atoms with E-state index in [1.807, 2.05) is 18.2 Å². The minimum absolute atomic E-state index is 0.0165. The van der Waals surface area contributed by atoms with Crippen LogP contribution in [0.1, 0.15) is 58.4 Å². The van der Waals surface area contributed by atoms with Crippen molar-refractivity contribution in [3.63, 3.8) is 0 Å². The van der Waals surface area contributed by atoms with Gasteiger partial charge in [-0.1, -0.05) is 26.8 Å². The molecule has 0 saturated heterocycles. The largest absolute Gasteiger partial charge is 0.344 e. The van der Waals surface area contributed by atoms with E-state index in [1.165, 1.54) is 23.6 Å². The van der Waals surface area contributed by atoms with Gasteiger partial charge in [-0.2, -0.15) is 0 Å². The number of nitrogens with one attached hydrogen (secondary N) is 1. The van der Waals surface area contributed by atoms with E-state index in [0.29, 0.717) is 23.2 Å². The Hall–Kier alpha value is -3.22. The zero-order valence-corrected chi connectivity index (χ0v) is 21.8. The van der Waals surface area contributed by atoms with Gasteiger partial charge < -0.3 is 5.32 Å². The van der Waals surface area contributed by atoms with Crippen LogP contribution in [-0.4, -0.2) is 45.3 Å². The molecule has 3 aromatic heterocycles. The average molecular weight is 527 g/mol. The summed E-state index contributed by atoms with van der Waals surface area (Å²) in [7, 11) is -3.30. The van der Waals surface area contributed by atoms with Gasteiger partial charge in [-0.05, 0) is 46.1 Å². The lowest BCUT2D eigenvalue weighted by molar-refractivity contribution is 0.0948. The molecule has 4 heterocycles. The van der Waals surface area contributed by atoms with Gasteiger partial charge in [0.25, 0.3) is 5.91 Å². The summed E-state index contributed by atoms with van der Waals surface area (Å²) in [6, 6.07) is 9.15. The Morgan fingerprint density at radius 2 is 2.03 bits per heavy atom. The number of carbonyl (C=O) groups is 1. The number of fused-ring (bicyclic) bond motifs is 2. The highest BCUT2D eigenvalue weighted by Crippen LogP contribution is 2.41. The third-order valence-electron chi connectivity index (χ3n) is 6.24. The third kappa shape index (κ3) is 4.75. The number of hydrogen-bond acceptors (Lipinski definition) is 10. The van der Waals surface area contributed by atoms with Crippen LogP contribution < -0.4 is 5.32 Å². The van der Waals surface area contributed by atoms with Crippen molar-refractivity contribution in [1.82, 2.24) is 30.5 Å². The molecule has 5 rings (SSSR count). The summed E-state index contributed by atoms with van der Waals surface area (Å²) in [4.78, 5) is 25.4. The van der Waals surface area contributed by atoms with Crippen LogP contribution in [0.15, 0.2) is 46.1 Å². The fourth-order valence-electron chi connectivity index (χ4n) is 4.43. The number of thiazole rings is 1. The van der Waals surface area contributed by atoms with Crippen LogP contribution >= 0.6 is 11.3 Å². The summed E-state index contributed by atoms with van der Waals surface area (Å²) in [5.74, 6) is 0.0612. The molecular weight excluding hydrogens is 500 g/mol. The van der Waals surface area contributed by atoms with Crippen LogP contribution in [0.5, 0.6) is 0 Å². The lowest BCUT2D eigenvalue weighted by Gasteiger charge is -2.27. The topological polar surface area (TPSA) is 131 Å². The first-order valence-corrected chi connectivity index (χ1v) is 14.1. The molecule has 0 fully saturated rings. The summed E-state index contributed by atoms with van der Waals surface area (Å²) in [5, 5.41) is 11.1. The highest BCUT2D eigenvalue weighted by atomic mass is 32.2. The molecule has 1 aromatic carbocycles. The van der Waals surface area contributed by atoms with Gasteiger partial charge in [0.15, 0.2) is 14.8 Å². The van der Waals surface area contributed by atoms with E-state index in [4.69, 9.17) is 9.61 Å². The Morgan fingerprint density at radius 3 is 2.75 bits per heavy atom. The summed E-state index contributed by atoms with van der Waals surface area (Å²) in [5.41, 5.74) is 4.11. The average Bonchev–Trinajstić information content (AvgIpc) is 3.56. The Labute approximate surface area is 212 Å². The van der Waals surface area contributed by atoms with Crippen molar-refractivity contribution < 1.29 is 17.8 Å². The first-order chi connectivity index (χ1) is 17.2. The summed E-state index contributed by atoms with van der Waals surface area (Å²) in [6.45, 7) is 7.54. The van der Waals surface area contributed by atoms with Gasteiger partial charge in [-0.25, -0.2) is 18.0 Å². The number of pyridine rings is 1. The number of carbonyl (C=O) groups excluding carboxylic acids is 1. The fraction of sp³-hybridized carbons (Fsp3) is 0.375. The number of rotatable bonds is 8. The molecule has 0 aliphatic carbocycles. The first kappa shape index (κ1) is 24.5. The molecule has 12 heteroatoms. The highest BCUT2D eigenvalue weighted by molar-refractivity contribution is 7.91. The van der Waals surface area contributed by atoms with Crippen molar-refractivity contribution in [2.45, 2.75) is 51.3 Å². The molecule has 1 aliphatic rings. The maximum absolute atomic E-state index is 12.8. The van der Waals surface area contributed by atoms with Crippen LogP contribution in [0, 0.1) is 5.92 Å². The first-order valence-electron chi connectivity index (χ1n) is 11.7. The van der Waals surface area contributed by atoms with Crippen LogP contribution in [0.3, 0.4) is 0 Å². The molecule has 36 heavy (non-hydrogen) atoms. The third-order valence-corrected chi connectivity index (χ3v) is 9.02. The Kier molecular flexibility index (Phi) is 6.58. The number of amides is 1. The van der Waals surface area contributed by atoms with Crippen molar-refractivity contribution in [2.75, 3.05) is 5.75 Å². The molecule has 0 radical (unpaired) electrons. The van der Waals surface area contributed by atoms with Crippen molar-refractivity contribution in [3.8, 4) is 0 Å². The molecule has 0 spiro atoms. The predicted octanol–water partition coefficient (Wildman–Crippen LogP) is 3.51. The molecule has 1 atom stereocenters. The molecule has 1 N–H and O–H groups in total. The van der Waals surface area contributed by atoms with Gasteiger partial charge in [0.1, 0.15) is 11.0 Å². The van der Waals surface area contributed by atoms with E-state index >= 15 is 0 Å². The lowest BCUT2D eigenvalue weighted by Crippen LogP contribution is -2.27. The number of benzene rings is 1. The second-order valence-corrected chi connectivity index (χ2v) is 12.4. The molecule has 188 valence electrons. The summed E-state index contributed by atoms with van der Waals surface area (Å²) < 4.78 is 28.7. The molecule has 10 nitrogen and oxygen atoms in total. The van der Waals surface area contributed by atoms with Crippen LogP contribution in [-0.2, 0) is 29.5 Å². The van der Waals surface area contributed by atoms with Gasteiger partial charge in [0.2, 0.25) is 0 Å². The zero-order valence-electron chi connectivity index (χ0n) is 20.1. The SMILES string of the molecule is CCS(=O)(=O)c1ccc(CNC(=O)c2nc3c(s2)CN(Cc2ccc4nonc4c2)[C@H]3C(C)C)nc1. The van der Waals surface area contributed by atoms with Crippen LogP contribution in [0.4, 0.5) is 0 Å². The Bertz CT molecular complexity index is 1510. The van der Waals surface area contributed by atoms with E-state index in [0.717, 1.165) is 33.7 Å². The van der Waals surface area contributed by atoms with Crippen molar-refractivity contribution in [1.29, 1.82) is 0 Å². The van der Waals surface area contributed by atoms with Gasteiger partial charge in [0.05, 0.1) is 34.6 Å². The van der Waals surface area contributed by atoms with E-state index in [1.54, 1.807) is 13.0 Å². The minimum Gasteiger partial charge on any atom is -0.344 e. The standard InChI is InChI=1S/C24H26N6O4S2/c1-4-36(32,33)17-7-6-16(25-11-17)10-26-23(31)24-27-21-20(35-24)13-30(22(21)14(2)3)12-15-5-8-18-19(9-15)29-34-28-18/h5-9,11,14,22H,4,10,12-13H2,1-3H3,(H,26,31)/t22-/m0/s1. The minimum atomic E-state index is -3.30. The highest BCUT2D eigenvalue weighted by Gasteiger charge is 2.36. The molecular formula is C24H26N6O4S2. The zero-order chi connectivity index (χ0) is 25.4. The Balaban J connectivity index is 1.26. The summed E-state index contributed by atoms with van der Waals surface area (Å²) >= 11 is 1.41.